The van der Waals surface area contributed by atoms with Crippen LogP contribution in [0.4, 0.5) is 4.79 Å². The molecule has 10 nitrogen and oxygen atoms in total. The molecule has 0 radical (unpaired) electrons. The first-order valence-electron chi connectivity index (χ1n) is 15.0. The fourth-order valence-electron chi connectivity index (χ4n) is 7.24. The van der Waals surface area contributed by atoms with Crippen LogP contribution in [-0.4, -0.2) is 74.7 Å². The molecule has 3 aliphatic heterocycles. The van der Waals surface area contributed by atoms with Gasteiger partial charge in [-0.05, 0) is 98.2 Å². The molecule has 44 heavy (non-hydrogen) atoms. The number of carbonyl (C=O) groups is 3. The number of amides is 2. The van der Waals surface area contributed by atoms with Crippen LogP contribution >= 0.6 is 0 Å². The van der Waals surface area contributed by atoms with Gasteiger partial charge in [-0.15, -0.1) is 0 Å². The molecule has 2 amide bonds. The van der Waals surface area contributed by atoms with Gasteiger partial charge in [-0.2, -0.15) is 5.26 Å². The van der Waals surface area contributed by atoms with Crippen molar-refractivity contribution < 1.29 is 19.1 Å². The topological polar surface area (TPSA) is 120 Å². The molecule has 3 aromatic rings. The fourth-order valence-corrected chi connectivity index (χ4v) is 7.24. The number of aromatic nitrogens is 2. The molecule has 0 spiro atoms. The quantitative estimate of drug-likeness (QED) is 0.292. The molecule has 0 aliphatic carbocycles. The zero-order chi connectivity index (χ0) is 30.8. The summed E-state index contributed by atoms with van der Waals surface area (Å²) in [5, 5.41) is 9.21. The number of hydrogen-bond donors (Lipinski definition) is 0. The predicted octanol–water partition coefficient (Wildman–Crippen LogP) is 4.49. The van der Waals surface area contributed by atoms with E-state index in [2.05, 4.69) is 16.0 Å². The molecule has 0 N–H and O–H groups in total. The fraction of sp³-hybridized carbons (Fsp3) is 0.353. The van der Waals surface area contributed by atoms with Gasteiger partial charge in [0.2, 0.25) is 0 Å². The van der Waals surface area contributed by atoms with E-state index in [9.17, 15) is 19.6 Å². The largest absolute Gasteiger partial charge is 0.450 e. The zero-order valence-corrected chi connectivity index (χ0v) is 24.8. The zero-order valence-electron chi connectivity index (χ0n) is 24.8. The summed E-state index contributed by atoms with van der Waals surface area (Å²) in [7, 11) is 1.84. The van der Waals surface area contributed by atoms with Gasteiger partial charge in [0.15, 0.2) is 11.3 Å². The smallest absolute Gasteiger partial charge is 0.410 e. The molecule has 10 heteroatoms. The van der Waals surface area contributed by atoms with Gasteiger partial charge in [0.1, 0.15) is 5.82 Å². The lowest BCUT2D eigenvalue weighted by molar-refractivity contribution is -0.132. The number of ether oxygens (including phenoxy) is 1. The van der Waals surface area contributed by atoms with Crippen molar-refractivity contribution in [3.8, 4) is 6.07 Å². The monoisotopic (exact) mass is 590 g/mol. The molecule has 3 fully saturated rings. The van der Waals surface area contributed by atoms with E-state index < -0.39 is 5.54 Å². The van der Waals surface area contributed by atoms with Gasteiger partial charge in [0.25, 0.3) is 5.91 Å². The molecular weight excluding hydrogens is 556 g/mol. The molecule has 3 aliphatic rings. The molecule has 0 saturated carbocycles. The van der Waals surface area contributed by atoms with E-state index in [1.165, 1.54) is 6.08 Å². The summed E-state index contributed by atoms with van der Waals surface area (Å²) in [4.78, 5) is 55.2. The Hall–Kier alpha value is -5.04. The van der Waals surface area contributed by atoms with Gasteiger partial charge >= 0.3 is 6.09 Å². The van der Waals surface area contributed by atoms with E-state index in [1.54, 1.807) is 54.0 Å². The molecule has 6 rings (SSSR count). The maximum absolute atomic E-state index is 14.9. The Bertz CT molecular complexity index is 1570. The molecule has 1 aromatic carbocycles. The SMILES string of the molecule is CCOC(=O)N1C2CCC1CC(CN1C(=O)C(c3ccncc3)(c3ccncc3)N(C)C1=CC(=O)c1ccc(C#N)cc1)C2. The second-order valence-electron chi connectivity index (χ2n) is 11.5. The van der Waals surface area contributed by atoms with E-state index in [0.717, 1.165) is 36.8 Å². The summed E-state index contributed by atoms with van der Waals surface area (Å²) < 4.78 is 5.35. The summed E-state index contributed by atoms with van der Waals surface area (Å²) in [5.41, 5.74) is 1.07. The normalized spacial score (nSPS) is 23.1. The van der Waals surface area contributed by atoms with Gasteiger partial charge < -0.3 is 14.5 Å². The second kappa shape index (κ2) is 11.9. The molecular formula is C34H34N6O4. The number of piperidine rings is 1. The highest BCUT2D eigenvalue weighted by molar-refractivity contribution is 6.06. The number of pyridine rings is 2. The third kappa shape index (κ3) is 4.88. The van der Waals surface area contributed by atoms with Crippen molar-refractivity contribution in [1.82, 2.24) is 24.7 Å². The second-order valence-corrected chi connectivity index (χ2v) is 11.5. The van der Waals surface area contributed by atoms with Crippen molar-refractivity contribution in [2.24, 2.45) is 5.92 Å². The lowest BCUT2D eigenvalue weighted by atomic mass is 9.82. The van der Waals surface area contributed by atoms with E-state index in [1.807, 2.05) is 48.0 Å². The average molecular weight is 591 g/mol. The standard InChI is InChI=1S/C34H34N6O4/c1-3-44-33(43)40-28-8-9-29(40)19-24(18-28)22-39-31(20-30(41)25-6-4-23(21-35)5-7-25)38(2)34(32(39)42,26-10-14-36-15-11-26)27-12-16-37-17-13-27/h4-7,10-17,20,24,28-29H,3,8-9,18-19,22H2,1-2H3. The van der Waals surface area contributed by atoms with Crippen molar-refractivity contribution >= 4 is 17.8 Å². The van der Waals surface area contributed by atoms with Crippen LogP contribution in [0.1, 0.15) is 59.7 Å². The summed E-state index contributed by atoms with van der Waals surface area (Å²) in [6, 6.07) is 16.0. The summed E-state index contributed by atoms with van der Waals surface area (Å²) >= 11 is 0. The van der Waals surface area contributed by atoms with Crippen LogP contribution in [0.2, 0.25) is 0 Å². The Labute approximate surface area is 256 Å². The van der Waals surface area contributed by atoms with Crippen molar-refractivity contribution in [3.05, 3.63) is 107 Å². The van der Waals surface area contributed by atoms with Crippen LogP contribution in [0.5, 0.6) is 0 Å². The number of hydrogen-bond acceptors (Lipinski definition) is 8. The van der Waals surface area contributed by atoms with Crippen molar-refractivity contribution in [2.45, 2.75) is 50.2 Å². The highest BCUT2D eigenvalue weighted by Crippen LogP contribution is 2.47. The van der Waals surface area contributed by atoms with Crippen LogP contribution < -0.4 is 0 Å². The Balaban J connectivity index is 1.41. The maximum atomic E-state index is 14.9. The predicted molar refractivity (Wildman–Crippen MR) is 161 cm³/mol. The van der Waals surface area contributed by atoms with Crippen LogP contribution in [0.15, 0.2) is 85.2 Å². The minimum absolute atomic E-state index is 0.0612. The van der Waals surface area contributed by atoms with Gasteiger partial charge in [-0.25, -0.2) is 4.79 Å². The van der Waals surface area contributed by atoms with Crippen molar-refractivity contribution in [1.29, 1.82) is 5.26 Å². The summed E-state index contributed by atoms with van der Waals surface area (Å²) in [5.74, 6) is 0.163. The highest BCUT2D eigenvalue weighted by Gasteiger charge is 2.57. The molecule has 224 valence electrons. The average Bonchev–Trinajstić information content (AvgIpc) is 3.44. The van der Waals surface area contributed by atoms with Crippen LogP contribution in [0.3, 0.4) is 0 Å². The number of rotatable bonds is 7. The van der Waals surface area contributed by atoms with Gasteiger partial charge in [0, 0.05) is 62.1 Å². The van der Waals surface area contributed by atoms with Crippen molar-refractivity contribution in [3.63, 3.8) is 0 Å². The molecule has 5 heterocycles. The van der Waals surface area contributed by atoms with E-state index in [0.29, 0.717) is 30.1 Å². The first-order valence-corrected chi connectivity index (χ1v) is 15.0. The summed E-state index contributed by atoms with van der Waals surface area (Å²) in [6.07, 6.45) is 11.2. The minimum atomic E-state index is -1.26. The Morgan fingerprint density at radius 1 is 0.977 bits per heavy atom. The Morgan fingerprint density at radius 3 is 2.07 bits per heavy atom. The third-order valence-electron chi connectivity index (χ3n) is 9.18. The number of ketones is 1. The Kier molecular flexibility index (Phi) is 7.87. The molecule has 2 unspecified atom stereocenters. The maximum Gasteiger partial charge on any atom is 0.410 e. The Morgan fingerprint density at radius 2 is 1.55 bits per heavy atom. The number of allylic oxidation sites excluding steroid dienone is 1. The summed E-state index contributed by atoms with van der Waals surface area (Å²) in [6.45, 7) is 2.55. The highest BCUT2D eigenvalue weighted by atomic mass is 16.6. The van der Waals surface area contributed by atoms with Gasteiger partial charge in [0.05, 0.1) is 18.2 Å². The van der Waals surface area contributed by atoms with E-state index in [-0.39, 0.29) is 35.8 Å². The molecule has 2 atom stereocenters. The van der Waals surface area contributed by atoms with Crippen LogP contribution in [0.25, 0.3) is 0 Å². The van der Waals surface area contributed by atoms with E-state index in [4.69, 9.17) is 4.74 Å². The third-order valence-corrected chi connectivity index (χ3v) is 9.18. The number of carbonyl (C=O) groups excluding carboxylic acids is 3. The lowest BCUT2D eigenvalue weighted by Gasteiger charge is -2.39. The number of fused-ring (bicyclic) bond motifs is 2. The van der Waals surface area contributed by atoms with Crippen LogP contribution in [-0.2, 0) is 15.1 Å². The molecule has 2 bridgehead atoms. The van der Waals surface area contributed by atoms with Gasteiger partial charge in [-0.3, -0.25) is 24.5 Å². The number of nitriles is 1. The number of likely N-dealkylation sites (N-methyl/N-ethyl adjacent to an activating group) is 1. The van der Waals surface area contributed by atoms with E-state index >= 15 is 0 Å². The molecule has 2 aromatic heterocycles. The first-order chi connectivity index (χ1) is 21.4. The first kappa shape index (κ1) is 29.1. The van der Waals surface area contributed by atoms with Crippen molar-refractivity contribution in [2.75, 3.05) is 20.2 Å². The van der Waals surface area contributed by atoms with Crippen LogP contribution in [0, 0.1) is 17.2 Å². The molecule has 3 saturated heterocycles. The minimum Gasteiger partial charge on any atom is -0.450 e. The number of benzene rings is 1. The number of nitrogens with zero attached hydrogens (tertiary/aromatic N) is 6. The lowest BCUT2D eigenvalue weighted by Crippen LogP contribution is -2.49. The van der Waals surface area contributed by atoms with Gasteiger partial charge in [-0.1, -0.05) is 0 Å².